The molecule has 0 atom stereocenters. The molecule has 5 nitrogen and oxygen atoms in total. The lowest BCUT2D eigenvalue weighted by Crippen LogP contribution is -1.90. The van der Waals surface area contributed by atoms with Crippen molar-refractivity contribution in [3.05, 3.63) is 30.9 Å². The summed E-state index contributed by atoms with van der Waals surface area (Å²) in [5.74, 6) is 2.26. The Morgan fingerprint density at radius 3 is 2.12 bits per heavy atom. The summed E-state index contributed by atoms with van der Waals surface area (Å²) < 4.78 is 20.5. The van der Waals surface area contributed by atoms with E-state index in [1.165, 1.54) is 12.7 Å². The van der Waals surface area contributed by atoms with E-state index in [1.54, 1.807) is 32.4 Å². The van der Waals surface area contributed by atoms with Crippen molar-refractivity contribution in [2.24, 2.45) is 0 Å². The van der Waals surface area contributed by atoms with Crippen molar-refractivity contribution in [3.8, 4) is 23.1 Å². The van der Waals surface area contributed by atoms with Gasteiger partial charge in [0.05, 0.1) is 14.2 Å². The topological polar surface area (TPSA) is 53.7 Å². The maximum Gasteiger partial charge on any atom is 0.258 e. The molecule has 0 amide bonds. The van der Waals surface area contributed by atoms with E-state index >= 15 is 0 Å². The minimum absolute atomic E-state index is 0.385. The zero-order valence-corrected chi connectivity index (χ0v) is 8.97. The third-order valence-electron chi connectivity index (χ3n) is 1.96. The van der Waals surface area contributed by atoms with Gasteiger partial charge in [-0.25, -0.2) is 0 Å². The van der Waals surface area contributed by atoms with Gasteiger partial charge in [-0.3, -0.25) is 0 Å². The summed E-state index contributed by atoms with van der Waals surface area (Å²) in [7, 11) is 3.16. The highest BCUT2D eigenvalue weighted by Crippen LogP contribution is 2.29. The van der Waals surface area contributed by atoms with Crippen LogP contribution in [0.4, 0.5) is 0 Å². The van der Waals surface area contributed by atoms with Crippen molar-refractivity contribution >= 4 is 0 Å². The average Bonchev–Trinajstić information content (AvgIpc) is 2.81. The monoisotopic (exact) mass is 221 g/mol. The molecular weight excluding hydrogens is 210 g/mol. The van der Waals surface area contributed by atoms with Crippen molar-refractivity contribution in [2.75, 3.05) is 14.2 Å². The summed E-state index contributed by atoms with van der Waals surface area (Å²) in [6.07, 6.45) is 2.71. The number of ether oxygens (including phenoxy) is 3. The second-order valence-corrected chi connectivity index (χ2v) is 2.98. The highest BCUT2D eigenvalue weighted by atomic mass is 16.5. The lowest BCUT2D eigenvalue weighted by Gasteiger charge is -2.07. The van der Waals surface area contributed by atoms with Gasteiger partial charge in [0.15, 0.2) is 12.7 Å². The Bertz CT molecular complexity index is 431. The van der Waals surface area contributed by atoms with Gasteiger partial charge in [-0.05, 0) is 0 Å². The first kappa shape index (κ1) is 10.4. The predicted octanol–water partition coefficient (Wildman–Crippen LogP) is 2.48. The molecule has 1 aromatic heterocycles. The van der Waals surface area contributed by atoms with E-state index in [1.807, 2.05) is 0 Å². The van der Waals surface area contributed by atoms with Gasteiger partial charge in [-0.1, -0.05) is 0 Å². The van der Waals surface area contributed by atoms with E-state index in [9.17, 15) is 0 Å². The molecule has 5 heteroatoms. The second-order valence-electron chi connectivity index (χ2n) is 2.98. The van der Waals surface area contributed by atoms with Crippen molar-refractivity contribution in [3.63, 3.8) is 0 Å². The molecule has 0 spiro atoms. The highest BCUT2D eigenvalue weighted by Gasteiger charge is 2.05. The van der Waals surface area contributed by atoms with Crippen LogP contribution >= 0.6 is 0 Å². The Hall–Kier alpha value is -2.17. The fourth-order valence-electron chi connectivity index (χ4n) is 1.21. The molecule has 0 radical (unpaired) electrons. The van der Waals surface area contributed by atoms with Crippen molar-refractivity contribution in [1.82, 2.24) is 4.98 Å². The molecule has 0 aliphatic heterocycles. The van der Waals surface area contributed by atoms with Gasteiger partial charge in [0.25, 0.3) is 5.88 Å². The molecule has 2 aromatic rings. The first-order valence-electron chi connectivity index (χ1n) is 4.61. The van der Waals surface area contributed by atoms with Crippen molar-refractivity contribution in [1.29, 1.82) is 0 Å². The molecule has 16 heavy (non-hydrogen) atoms. The number of nitrogens with zero attached hydrogens (tertiary/aromatic N) is 1. The summed E-state index contributed by atoms with van der Waals surface area (Å²) >= 11 is 0. The Morgan fingerprint density at radius 2 is 1.62 bits per heavy atom. The fraction of sp³-hybridized carbons (Fsp3) is 0.182. The molecule has 1 heterocycles. The average molecular weight is 221 g/mol. The van der Waals surface area contributed by atoms with Crippen LogP contribution in [0.3, 0.4) is 0 Å². The zero-order valence-electron chi connectivity index (χ0n) is 8.97. The summed E-state index contributed by atoms with van der Waals surface area (Å²) in [5.41, 5.74) is 0. The molecule has 84 valence electrons. The summed E-state index contributed by atoms with van der Waals surface area (Å²) in [5, 5.41) is 0. The molecule has 2 rings (SSSR count). The third kappa shape index (κ3) is 2.25. The Balaban J connectivity index is 2.26. The number of rotatable bonds is 4. The van der Waals surface area contributed by atoms with Gasteiger partial charge in [0.1, 0.15) is 17.2 Å². The molecule has 0 N–H and O–H groups in total. The molecule has 0 saturated carbocycles. The number of hydrogen-bond acceptors (Lipinski definition) is 5. The normalized spacial score (nSPS) is 9.88. The molecule has 1 aromatic carbocycles. The Kier molecular flexibility index (Phi) is 2.95. The number of methoxy groups -OCH3 is 2. The van der Waals surface area contributed by atoms with Gasteiger partial charge in [-0.2, -0.15) is 4.98 Å². The molecule has 0 aliphatic carbocycles. The first-order valence-corrected chi connectivity index (χ1v) is 4.61. The molecule has 0 aliphatic rings. The van der Waals surface area contributed by atoms with Crippen LogP contribution in [0.1, 0.15) is 0 Å². The van der Waals surface area contributed by atoms with Gasteiger partial charge in [0.2, 0.25) is 0 Å². The van der Waals surface area contributed by atoms with Gasteiger partial charge in [0, 0.05) is 18.2 Å². The molecular formula is C11H11NO4. The van der Waals surface area contributed by atoms with Gasteiger partial charge >= 0.3 is 0 Å². The number of hydrogen-bond donors (Lipinski definition) is 0. The van der Waals surface area contributed by atoms with Crippen LogP contribution in [0.15, 0.2) is 35.3 Å². The maximum absolute atomic E-state index is 5.44. The van der Waals surface area contributed by atoms with Crippen molar-refractivity contribution in [2.45, 2.75) is 0 Å². The van der Waals surface area contributed by atoms with Crippen LogP contribution in [0.25, 0.3) is 0 Å². The minimum atomic E-state index is 0.385. The van der Waals surface area contributed by atoms with Crippen LogP contribution < -0.4 is 14.2 Å². The van der Waals surface area contributed by atoms with E-state index in [4.69, 9.17) is 18.6 Å². The van der Waals surface area contributed by atoms with Crippen molar-refractivity contribution < 1.29 is 18.6 Å². The van der Waals surface area contributed by atoms with Crippen LogP contribution in [0, 0.1) is 0 Å². The van der Waals surface area contributed by atoms with Crippen LogP contribution in [-0.2, 0) is 0 Å². The smallest absolute Gasteiger partial charge is 0.258 e. The minimum Gasteiger partial charge on any atom is -0.496 e. The Morgan fingerprint density at radius 1 is 1.00 bits per heavy atom. The summed E-state index contributed by atoms with van der Waals surface area (Å²) in [6.45, 7) is 0. The summed E-state index contributed by atoms with van der Waals surface area (Å²) in [6, 6.07) is 5.23. The summed E-state index contributed by atoms with van der Waals surface area (Å²) in [4.78, 5) is 3.85. The van der Waals surface area contributed by atoms with E-state index < -0.39 is 0 Å². The lowest BCUT2D eigenvalue weighted by atomic mass is 10.3. The van der Waals surface area contributed by atoms with Gasteiger partial charge < -0.3 is 18.6 Å². The number of oxazole rings is 1. The molecule has 0 bridgehead atoms. The fourth-order valence-corrected chi connectivity index (χ4v) is 1.21. The van der Waals surface area contributed by atoms with Crippen LogP contribution in [0.5, 0.6) is 23.1 Å². The SMILES string of the molecule is COc1cc(OC)cc(Oc2cocn2)c1. The standard InChI is InChI=1S/C11H11NO4/c1-13-8-3-9(14-2)5-10(4-8)16-11-6-15-7-12-11/h3-7H,1-2H3. The van der Waals surface area contributed by atoms with E-state index in [0.717, 1.165) is 0 Å². The van der Waals surface area contributed by atoms with Crippen LogP contribution in [-0.4, -0.2) is 19.2 Å². The zero-order chi connectivity index (χ0) is 11.4. The van der Waals surface area contributed by atoms with E-state index in [0.29, 0.717) is 23.1 Å². The molecule has 0 fully saturated rings. The van der Waals surface area contributed by atoms with E-state index in [2.05, 4.69) is 4.98 Å². The second kappa shape index (κ2) is 4.57. The Labute approximate surface area is 92.6 Å². The third-order valence-corrected chi connectivity index (χ3v) is 1.96. The van der Waals surface area contributed by atoms with Gasteiger partial charge in [-0.15, -0.1) is 0 Å². The molecule has 0 unspecified atom stereocenters. The largest absolute Gasteiger partial charge is 0.496 e. The number of benzene rings is 1. The maximum atomic E-state index is 5.44. The number of aromatic nitrogens is 1. The molecule has 0 saturated heterocycles. The first-order chi connectivity index (χ1) is 7.81. The van der Waals surface area contributed by atoms with Crippen LogP contribution in [0.2, 0.25) is 0 Å². The highest BCUT2D eigenvalue weighted by molar-refractivity contribution is 5.43. The lowest BCUT2D eigenvalue weighted by molar-refractivity contribution is 0.384. The predicted molar refractivity (Wildman–Crippen MR) is 56.1 cm³/mol. The quantitative estimate of drug-likeness (QED) is 0.793. The van der Waals surface area contributed by atoms with E-state index in [-0.39, 0.29) is 0 Å².